The van der Waals surface area contributed by atoms with Crippen LogP contribution in [0.4, 0.5) is 5.69 Å². The Bertz CT molecular complexity index is 1640. The molecular formula is C35H43N2O10+. The van der Waals surface area contributed by atoms with Crippen LogP contribution in [0.15, 0.2) is 58.9 Å². The quantitative estimate of drug-likeness (QED) is 0.0850. The summed E-state index contributed by atoms with van der Waals surface area (Å²) in [6.07, 6.45) is 14.0. The Morgan fingerprint density at radius 3 is 2.04 bits per heavy atom. The van der Waals surface area contributed by atoms with Crippen LogP contribution in [0.25, 0.3) is 17.2 Å². The van der Waals surface area contributed by atoms with Crippen molar-refractivity contribution in [1.29, 1.82) is 0 Å². The predicted octanol–water partition coefficient (Wildman–Crippen LogP) is 6.35. The fourth-order valence-corrected chi connectivity index (χ4v) is 5.35. The van der Waals surface area contributed by atoms with Crippen LogP contribution in [0.3, 0.4) is 0 Å². The van der Waals surface area contributed by atoms with Gasteiger partial charge in [-0.1, -0.05) is 24.6 Å². The van der Waals surface area contributed by atoms with Gasteiger partial charge >= 0.3 is 17.8 Å². The van der Waals surface area contributed by atoms with E-state index in [9.17, 15) is 9.59 Å². The molecule has 12 nitrogen and oxygen atoms in total. The number of aliphatic carboxylic acids is 2. The number of ether oxygens (including phenoxy) is 5. The molecule has 0 saturated heterocycles. The Labute approximate surface area is 274 Å². The van der Waals surface area contributed by atoms with Gasteiger partial charge in [-0.25, -0.2) is 0 Å². The van der Waals surface area contributed by atoms with Crippen molar-refractivity contribution in [3.63, 3.8) is 0 Å². The van der Waals surface area contributed by atoms with E-state index in [4.69, 9.17) is 38.3 Å². The standard InChI is InChI=1S/C35H42N2O10/c1-42-28-20-24-26(22-30(28)44-3)46-32(36(24)18-12-6-10-16-34(38)39)14-8-5-9-15-33-37(19-13-7-11-17-35(40)41)25-21-29(43-2)31(45-4)23-27(25)47-33/h5,8-9,14-15,20-23H,6-7,10-13,16-19H2,1-4H3,(H-,38,39,40,41)/p+1. The van der Waals surface area contributed by atoms with E-state index in [0.717, 1.165) is 36.9 Å². The highest BCUT2D eigenvalue weighted by molar-refractivity contribution is 5.75. The topological polar surface area (TPSA) is 141 Å². The molecule has 2 N–H and O–H groups in total. The molecule has 252 valence electrons. The molecule has 0 saturated carbocycles. The molecule has 47 heavy (non-hydrogen) atoms. The summed E-state index contributed by atoms with van der Waals surface area (Å²) < 4.78 is 36.4. The molecule has 4 rings (SSSR count). The van der Waals surface area contributed by atoms with E-state index in [0.29, 0.717) is 72.0 Å². The molecule has 0 unspecified atom stereocenters. The first-order chi connectivity index (χ1) is 22.8. The van der Waals surface area contributed by atoms with Crippen molar-refractivity contribution in [3.05, 3.63) is 60.3 Å². The van der Waals surface area contributed by atoms with Crippen LogP contribution in [-0.2, 0) is 16.1 Å². The number of rotatable bonds is 19. The normalized spacial score (nSPS) is 13.4. The molecule has 0 aliphatic carbocycles. The van der Waals surface area contributed by atoms with E-state index in [1.807, 2.05) is 52.0 Å². The van der Waals surface area contributed by atoms with Crippen LogP contribution >= 0.6 is 0 Å². The second kappa shape index (κ2) is 17.0. The monoisotopic (exact) mass is 651 g/mol. The Morgan fingerprint density at radius 1 is 0.766 bits per heavy atom. The third kappa shape index (κ3) is 8.99. The zero-order valence-electron chi connectivity index (χ0n) is 27.3. The van der Waals surface area contributed by atoms with E-state index >= 15 is 0 Å². The second-order valence-corrected chi connectivity index (χ2v) is 10.9. The molecule has 0 radical (unpaired) electrons. The van der Waals surface area contributed by atoms with Gasteiger partial charge in [-0.15, -0.1) is 0 Å². The maximum Gasteiger partial charge on any atom is 0.374 e. The second-order valence-electron chi connectivity index (χ2n) is 10.9. The summed E-state index contributed by atoms with van der Waals surface area (Å²) in [5.74, 6) is 2.59. The first kappa shape index (κ1) is 34.7. The van der Waals surface area contributed by atoms with Crippen molar-refractivity contribution in [2.45, 2.75) is 57.9 Å². The smallest absolute Gasteiger partial charge is 0.374 e. The van der Waals surface area contributed by atoms with Crippen molar-refractivity contribution in [2.75, 3.05) is 39.9 Å². The summed E-state index contributed by atoms with van der Waals surface area (Å²) in [6, 6.07) is 7.34. The zero-order chi connectivity index (χ0) is 33.8. The van der Waals surface area contributed by atoms with Crippen LogP contribution in [0.1, 0.15) is 57.3 Å². The highest BCUT2D eigenvalue weighted by Gasteiger charge is 2.28. The fourth-order valence-electron chi connectivity index (χ4n) is 5.35. The molecule has 1 aromatic heterocycles. The predicted molar refractivity (Wildman–Crippen MR) is 175 cm³/mol. The molecule has 2 aromatic carbocycles. The van der Waals surface area contributed by atoms with Crippen LogP contribution in [0.5, 0.6) is 28.7 Å². The number of nitrogens with zero attached hydrogens (tertiary/aromatic N) is 2. The van der Waals surface area contributed by atoms with Crippen molar-refractivity contribution >= 4 is 34.8 Å². The average Bonchev–Trinajstić information content (AvgIpc) is 3.58. The Kier molecular flexibility index (Phi) is 12.5. The number of carboxylic acid groups (broad SMARTS) is 2. The Hall–Kier alpha value is -5.13. The zero-order valence-corrected chi connectivity index (χ0v) is 27.3. The van der Waals surface area contributed by atoms with Gasteiger partial charge in [0.05, 0.1) is 46.3 Å². The summed E-state index contributed by atoms with van der Waals surface area (Å²) in [4.78, 5) is 23.9. The van der Waals surface area contributed by atoms with E-state index < -0.39 is 11.9 Å². The number of methoxy groups -OCH3 is 4. The van der Waals surface area contributed by atoms with Gasteiger partial charge in [-0.05, 0) is 31.8 Å². The van der Waals surface area contributed by atoms with Crippen LogP contribution < -0.4 is 33.2 Å². The number of aryl methyl sites for hydroxylation is 1. The molecule has 3 aromatic rings. The SMILES string of the molecule is COc1cc2c(cc1OC)N(CCCCCC(=O)O)C(=CC=CC=Cc1oc3cc(OC)c(OC)cc3[n+]1CCCCCC(=O)O)O2. The van der Waals surface area contributed by atoms with Gasteiger partial charge in [-0.2, -0.15) is 4.57 Å². The van der Waals surface area contributed by atoms with E-state index in [2.05, 4.69) is 0 Å². The van der Waals surface area contributed by atoms with Gasteiger partial charge in [0.1, 0.15) is 0 Å². The first-order valence-electron chi connectivity index (χ1n) is 15.6. The Morgan fingerprint density at radius 2 is 1.38 bits per heavy atom. The van der Waals surface area contributed by atoms with E-state index in [1.165, 1.54) is 0 Å². The number of aromatic nitrogens is 1. The average molecular weight is 652 g/mol. The molecule has 0 amide bonds. The maximum absolute atomic E-state index is 10.9. The number of hydrogen-bond donors (Lipinski definition) is 2. The van der Waals surface area contributed by atoms with Gasteiger partial charge in [0.2, 0.25) is 11.5 Å². The first-order valence-corrected chi connectivity index (χ1v) is 15.6. The number of oxazole rings is 1. The minimum atomic E-state index is -0.793. The largest absolute Gasteiger partial charge is 0.493 e. The number of carbonyl (C=O) groups is 2. The summed E-state index contributed by atoms with van der Waals surface area (Å²) >= 11 is 0. The number of fused-ring (bicyclic) bond motifs is 2. The number of unbranched alkanes of at least 4 members (excludes halogenated alkanes) is 4. The highest BCUT2D eigenvalue weighted by atomic mass is 16.5. The molecule has 1 aliphatic heterocycles. The number of hydrogen-bond acceptors (Lipinski definition) is 9. The van der Waals surface area contributed by atoms with E-state index in [1.54, 1.807) is 40.6 Å². The minimum absolute atomic E-state index is 0.146. The molecular weight excluding hydrogens is 608 g/mol. The van der Waals surface area contributed by atoms with Gasteiger partial charge in [-0.3, -0.25) is 9.59 Å². The summed E-state index contributed by atoms with van der Waals surface area (Å²) in [6.45, 7) is 1.27. The lowest BCUT2D eigenvalue weighted by molar-refractivity contribution is -0.678. The number of anilines is 1. The molecule has 0 bridgehead atoms. The molecule has 2 heterocycles. The lowest BCUT2D eigenvalue weighted by Gasteiger charge is -2.18. The molecule has 12 heteroatoms. The van der Waals surface area contributed by atoms with Crippen LogP contribution in [0.2, 0.25) is 0 Å². The summed E-state index contributed by atoms with van der Waals surface area (Å²) in [5, 5.41) is 17.9. The van der Waals surface area contributed by atoms with Crippen molar-refractivity contribution < 1.29 is 52.5 Å². The van der Waals surface area contributed by atoms with Crippen LogP contribution in [-0.4, -0.2) is 57.1 Å². The van der Waals surface area contributed by atoms with Crippen LogP contribution in [0, 0.1) is 0 Å². The minimum Gasteiger partial charge on any atom is -0.493 e. The van der Waals surface area contributed by atoms with Gasteiger partial charge in [0, 0.05) is 44.0 Å². The highest BCUT2D eigenvalue weighted by Crippen LogP contribution is 2.46. The van der Waals surface area contributed by atoms with Crippen molar-refractivity contribution in [3.8, 4) is 28.7 Å². The Balaban J connectivity index is 1.55. The fraction of sp³-hybridized carbons (Fsp3) is 0.400. The molecule has 0 spiro atoms. The third-order valence-electron chi connectivity index (χ3n) is 7.72. The summed E-state index contributed by atoms with van der Waals surface area (Å²) in [7, 11) is 6.31. The van der Waals surface area contributed by atoms with Crippen molar-refractivity contribution in [2.24, 2.45) is 0 Å². The summed E-state index contributed by atoms with van der Waals surface area (Å²) in [5.41, 5.74) is 2.32. The lowest BCUT2D eigenvalue weighted by Crippen LogP contribution is -2.35. The van der Waals surface area contributed by atoms with Gasteiger partial charge < -0.3 is 43.2 Å². The maximum atomic E-state index is 10.9. The van der Waals surface area contributed by atoms with Gasteiger partial charge in [0.25, 0.3) is 5.52 Å². The number of allylic oxidation sites excluding steroid dienone is 4. The molecule has 0 atom stereocenters. The van der Waals surface area contributed by atoms with E-state index in [-0.39, 0.29) is 12.8 Å². The molecule has 0 fully saturated rings. The number of carboxylic acids is 2. The lowest BCUT2D eigenvalue weighted by atomic mass is 10.1. The van der Waals surface area contributed by atoms with Crippen molar-refractivity contribution in [1.82, 2.24) is 0 Å². The number of benzene rings is 2. The molecule has 1 aliphatic rings. The van der Waals surface area contributed by atoms with Gasteiger partial charge in [0.15, 0.2) is 35.3 Å². The third-order valence-corrected chi connectivity index (χ3v) is 7.72.